The van der Waals surface area contributed by atoms with Gasteiger partial charge in [0.1, 0.15) is 5.82 Å². The number of halogens is 2. The van der Waals surface area contributed by atoms with Crippen LogP contribution in [0.15, 0.2) is 22.7 Å². The summed E-state index contributed by atoms with van der Waals surface area (Å²) >= 11 is 4.82. The molecule has 1 amide bonds. The molecular weight excluding hydrogens is 305 g/mol. The molecule has 2 nitrogen and oxygen atoms in total. The smallest absolute Gasteiger partial charge is 0.240 e. The van der Waals surface area contributed by atoms with Crippen molar-refractivity contribution in [3.63, 3.8) is 0 Å². The third kappa shape index (κ3) is 2.83. The SMILES string of the molecule is CC1(C(=O)Nc2ccc(Br)cc2F)CCCS1. The molecule has 1 N–H and O–H groups in total. The molecule has 1 aromatic carbocycles. The molecule has 0 aliphatic carbocycles. The van der Waals surface area contributed by atoms with E-state index in [1.165, 1.54) is 6.07 Å². The van der Waals surface area contributed by atoms with E-state index in [0.717, 1.165) is 18.6 Å². The maximum absolute atomic E-state index is 13.6. The summed E-state index contributed by atoms with van der Waals surface area (Å²) in [5.74, 6) is 0.466. The van der Waals surface area contributed by atoms with Crippen molar-refractivity contribution in [1.29, 1.82) is 0 Å². The van der Waals surface area contributed by atoms with Gasteiger partial charge in [-0.05, 0) is 43.7 Å². The van der Waals surface area contributed by atoms with Crippen LogP contribution in [0.4, 0.5) is 10.1 Å². The molecule has 1 unspecified atom stereocenters. The summed E-state index contributed by atoms with van der Waals surface area (Å²) in [4.78, 5) is 12.1. The van der Waals surface area contributed by atoms with Crippen molar-refractivity contribution in [2.24, 2.45) is 0 Å². The van der Waals surface area contributed by atoms with Crippen molar-refractivity contribution in [3.8, 4) is 0 Å². The van der Waals surface area contributed by atoms with E-state index in [1.807, 2.05) is 6.92 Å². The highest BCUT2D eigenvalue weighted by atomic mass is 79.9. The van der Waals surface area contributed by atoms with Crippen molar-refractivity contribution in [1.82, 2.24) is 0 Å². The van der Waals surface area contributed by atoms with Gasteiger partial charge in [-0.25, -0.2) is 4.39 Å². The van der Waals surface area contributed by atoms with Crippen molar-refractivity contribution >= 4 is 39.3 Å². The maximum Gasteiger partial charge on any atom is 0.240 e. The van der Waals surface area contributed by atoms with Crippen LogP contribution in [0.5, 0.6) is 0 Å². The molecule has 0 spiro atoms. The number of hydrogen-bond acceptors (Lipinski definition) is 2. The molecule has 0 aromatic heterocycles. The van der Waals surface area contributed by atoms with Crippen LogP contribution in [0.2, 0.25) is 0 Å². The number of rotatable bonds is 2. The minimum atomic E-state index is -0.417. The van der Waals surface area contributed by atoms with Crippen molar-refractivity contribution in [2.45, 2.75) is 24.5 Å². The molecule has 0 saturated carbocycles. The molecule has 0 radical (unpaired) electrons. The Labute approximate surface area is 112 Å². The number of amides is 1. The first-order valence-electron chi connectivity index (χ1n) is 5.42. The zero-order chi connectivity index (χ0) is 12.5. The standard InChI is InChI=1S/C12H13BrFNOS/c1-12(5-2-6-17-12)11(16)15-10-4-3-8(13)7-9(10)14/h3-4,7H,2,5-6H2,1H3,(H,15,16). The Hall–Kier alpha value is -0.550. The molecule has 92 valence electrons. The quantitative estimate of drug-likeness (QED) is 0.898. The number of thioether (sulfide) groups is 1. The molecule has 1 aromatic rings. The predicted molar refractivity (Wildman–Crippen MR) is 72.8 cm³/mol. The number of nitrogens with one attached hydrogen (secondary N) is 1. The Bertz CT molecular complexity index is 446. The van der Waals surface area contributed by atoms with Gasteiger partial charge in [-0.15, -0.1) is 11.8 Å². The van der Waals surface area contributed by atoms with Gasteiger partial charge in [-0.1, -0.05) is 15.9 Å². The average Bonchev–Trinajstić information content (AvgIpc) is 2.71. The lowest BCUT2D eigenvalue weighted by Crippen LogP contribution is -2.34. The third-order valence-corrected chi connectivity index (χ3v) is 4.89. The first-order valence-corrected chi connectivity index (χ1v) is 7.20. The van der Waals surface area contributed by atoms with Gasteiger partial charge in [0.2, 0.25) is 5.91 Å². The Morgan fingerprint density at radius 2 is 2.35 bits per heavy atom. The van der Waals surface area contributed by atoms with Crippen LogP contribution >= 0.6 is 27.7 Å². The van der Waals surface area contributed by atoms with Gasteiger partial charge in [0.15, 0.2) is 0 Å². The molecule has 1 heterocycles. The first kappa shape index (κ1) is 12.9. The predicted octanol–water partition coefficient (Wildman–Crippen LogP) is 3.81. The van der Waals surface area contributed by atoms with Crippen LogP contribution in [0, 0.1) is 5.82 Å². The molecule has 1 saturated heterocycles. The largest absolute Gasteiger partial charge is 0.322 e. The summed E-state index contributed by atoms with van der Waals surface area (Å²) in [6, 6.07) is 4.63. The van der Waals surface area contributed by atoms with E-state index in [4.69, 9.17) is 0 Å². The summed E-state index contributed by atoms with van der Waals surface area (Å²) in [7, 11) is 0. The zero-order valence-electron chi connectivity index (χ0n) is 9.43. The number of carbonyl (C=O) groups excluding carboxylic acids is 1. The normalized spacial score (nSPS) is 23.7. The van der Waals surface area contributed by atoms with E-state index in [1.54, 1.807) is 23.9 Å². The summed E-state index contributed by atoms with van der Waals surface area (Å²) in [6.07, 6.45) is 1.89. The Balaban J connectivity index is 2.13. The zero-order valence-corrected chi connectivity index (χ0v) is 11.8. The van der Waals surface area contributed by atoms with Crippen LogP contribution in [-0.4, -0.2) is 16.4 Å². The average molecular weight is 318 g/mol. The third-order valence-electron chi connectivity index (χ3n) is 2.88. The molecule has 1 aliphatic rings. The van der Waals surface area contributed by atoms with E-state index in [-0.39, 0.29) is 11.6 Å². The fourth-order valence-corrected chi connectivity index (χ4v) is 3.35. The molecule has 1 aliphatic heterocycles. The topological polar surface area (TPSA) is 29.1 Å². The number of carbonyl (C=O) groups is 1. The van der Waals surface area contributed by atoms with E-state index in [9.17, 15) is 9.18 Å². The Morgan fingerprint density at radius 1 is 1.59 bits per heavy atom. The van der Waals surface area contributed by atoms with Crippen molar-refractivity contribution < 1.29 is 9.18 Å². The van der Waals surface area contributed by atoms with Gasteiger partial charge in [-0.3, -0.25) is 4.79 Å². The Morgan fingerprint density at radius 3 is 2.94 bits per heavy atom. The molecule has 2 rings (SSSR count). The molecular formula is C12H13BrFNOS. The molecule has 5 heteroatoms. The second-order valence-corrected chi connectivity index (χ2v) is 6.77. The lowest BCUT2D eigenvalue weighted by Gasteiger charge is -2.21. The number of benzene rings is 1. The molecule has 0 bridgehead atoms. The van der Waals surface area contributed by atoms with Gasteiger partial charge < -0.3 is 5.32 Å². The van der Waals surface area contributed by atoms with E-state index in [0.29, 0.717) is 4.47 Å². The van der Waals surface area contributed by atoms with E-state index < -0.39 is 10.6 Å². The summed E-state index contributed by atoms with van der Waals surface area (Å²) in [6.45, 7) is 1.91. The fraction of sp³-hybridized carbons (Fsp3) is 0.417. The number of anilines is 1. The lowest BCUT2D eigenvalue weighted by molar-refractivity contribution is -0.118. The van der Waals surface area contributed by atoms with E-state index >= 15 is 0 Å². The molecule has 17 heavy (non-hydrogen) atoms. The van der Waals surface area contributed by atoms with Crippen LogP contribution in [0.1, 0.15) is 19.8 Å². The minimum Gasteiger partial charge on any atom is -0.322 e. The van der Waals surface area contributed by atoms with Crippen LogP contribution in [0.3, 0.4) is 0 Å². The molecule has 1 fully saturated rings. The monoisotopic (exact) mass is 317 g/mol. The minimum absolute atomic E-state index is 0.110. The highest BCUT2D eigenvalue weighted by Crippen LogP contribution is 2.38. The summed E-state index contributed by atoms with van der Waals surface area (Å²) in [5.41, 5.74) is 0.243. The molecule has 1 atom stereocenters. The second kappa shape index (κ2) is 4.98. The van der Waals surface area contributed by atoms with Crippen molar-refractivity contribution in [3.05, 3.63) is 28.5 Å². The van der Waals surface area contributed by atoms with Crippen LogP contribution in [0.25, 0.3) is 0 Å². The highest BCUT2D eigenvalue weighted by molar-refractivity contribution is 9.10. The number of hydrogen-bond donors (Lipinski definition) is 1. The Kier molecular flexibility index (Phi) is 3.78. The van der Waals surface area contributed by atoms with Crippen LogP contribution < -0.4 is 5.32 Å². The van der Waals surface area contributed by atoms with Gasteiger partial charge in [0, 0.05) is 4.47 Å². The van der Waals surface area contributed by atoms with Gasteiger partial charge in [0.05, 0.1) is 10.4 Å². The van der Waals surface area contributed by atoms with E-state index in [2.05, 4.69) is 21.2 Å². The first-order chi connectivity index (χ1) is 8.01. The lowest BCUT2D eigenvalue weighted by atomic mass is 10.0. The maximum atomic E-state index is 13.6. The second-order valence-electron chi connectivity index (χ2n) is 4.26. The summed E-state index contributed by atoms with van der Waals surface area (Å²) < 4.78 is 13.8. The van der Waals surface area contributed by atoms with Crippen LogP contribution in [-0.2, 0) is 4.79 Å². The van der Waals surface area contributed by atoms with Crippen molar-refractivity contribution in [2.75, 3.05) is 11.1 Å². The van der Waals surface area contributed by atoms with Gasteiger partial charge in [0.25, 0.3) is 0 Å². The summed E-state index contributed by atoms with van der Waals surface area (Å²) in [5, 5.41) is 2.66. The highest BCUT2D eigenvalue weighted by Gasteiger charge is 2.37. The van der Waals surface area contributed by atoms with Gasteiger partial charge >= 0.3 is 0 Å². The fourth-order valence-electron chi connectivity index (χ4n) is 1.80. The van der Waals surface area contributed by atoms with Gasteiger partial charge in [-0.2, -0.15) is 0 Å².